The Labute approximate surface area is 136 Å². The molecule has 0 aliphatic rings. The predicted molar refractivity (Wildman–Crippen MR) is 89.0 cm³/mol. The lowest BCUT2D eigenvalue weighted by Crippen LogP contribution is -2.17. The first-order valence-corrected chi connectivity index (χ1v) is 7.28. The van der Waals surface area contributed by atoms with E-state index >= 15 is 0 Å². The van der Waals surface area contributed by atoms with Gasteiger partial charge in [0.25, 0.3) is 0 Å². The number of nitrogens with one attached hydrogen (secondary N) is 1. The van der Waals surface area contributed by atoms with Gasteiger partial charge in [0.15, 0.2) is 0 Å². The summed E-state index contributed by atoms with van der Waals surface area (Å²) in [5.74, 6) is 1.10. The maximum atomic E-state index is 11.7. The van der Waals surface area contributed by atoms with Gasteiger partial charge in [0.2, 0.25) is 0 Å². The van der Waals surface area contributed by atoms with Crippen molar-refractivity contribution >= 4 is 11.7 Å². The zero-order valence-corrected chi connectivity index (χ0v) is 13.5. The molecule has 5 heteroatoms. The fraction of sp³-hybridized carbons (Fsp3) is 0.278. The zero-order chi connectivity index (χ0) is 16.7. The lowest BCUT2D eigenvalue weighted by atomic mass is 10.0. The van der Waals surface area contributed by atoms with Crippen molar-refractivity contribution in [3.63, 3.8) is 0 Å². The summed E-state index contributed by atoms with van der Waals surface area (Å²) in [6, 6.07) is 15.0. The number of hydrogen-bond acceptors (Lipinski definition) is 5. The maximum Gasteiger partial charge on any atom is 0.307 e. The summed E-state index contributed by atoms with van der Waals surface area (Å²) in [6.45, 7) is 0. The second-order valence-electron chi connectivity index (χ2n) is 4.95. The molecule has 122 valence electrons. The minimum absolute atomic E-state index is 0.209. The number of anilines is 1. The average Bonchev–Trinajstić information content (AvgIpc) is 2.61. The Hall–Kier alpha value is -2.69. The highest BCUT2D eigenvalue weighted by Gasteiger charge is 2.18. The number of ether oxygens (including phenoxy) is 3. The van der Waals surface area contributed by atoms with Gasteiger partial charge >= 0.3 is 5.97 Å². The van der Waals surface area contributed by atoms with Crippen LogP contribution in [0.25, 0.3) is 0 Å². The Bertz CT molecular complexity index is 643. The number of carbonyl (C=O) groups excluding carboxylic acids is 1. The fourth-order valence-electron chi connectivity index (χ4n) is 2.30. The number of rotatable bonds is 7. The Kier molecular flexibility index (Phi) is 5.86. The van der Waals surface area contributed by atoms with Crippen LogP contribution in [0.5, 0.6) is 11.5 Å². The Morgan fingerprint density at radius 1 is 1.04 bits per heavy atom. The van der Waals surface area contributed by atoms with Crippen LogP contribution in [-0.4, -0.2) is 27.3 Å². The van der Waals surface area contributed by atoms with E-state index in [9.17, 15) is 4.79 Å². The number of methoxy groups -OCH3 is 3. The van der Waals surface area contributed by atoms with Gasteiger partial charge < -0.3 is 19.5 Å². The van der Waals surface area contributed by atoms with E-state index < -0.39 is 0 Å². The molecule has 1 unspecified atom stereocenters. The molecular formula is C18H21NO4. The Balaban J connectivity index is 2.32. The zero-order valence-electron chi connectivity index (χ0n) is 13.5. The summed E-state index contributed by atoms with van der Waals surface area (Å²) in [7, 11) is 4.59. The first-order valence-electron chi connectivity index (χ1n) is 7.28. The van der Waals surface area contributed by atoms with E-state index in [4.69, 9.17) is 14.2 Å². The molecule has 1 N–H and O–H groups in total. The molecule has 23 heavy (non-hydrogen) atoms. The third-order valence-electron chi connectivity index (χ3n) is 3.54. The molecule has 0 fully saturated rings. The van der Waals surface area contributed by atoms with E-state index in [-0.39, 0.29) is 18.4 Å². The van der Waals surface area contributed by atoms with E-state index in [0.29, 0.717) is 11.5 Å². The smallest absolute Gasteiger partial charge is 0.307 e. The monoisotopic (exact) mass is 315 g/mol. The van der Waals surface area contributed by atoms with Crippen molar-refractivity contribution in [3.8, 4) is 11.5 Å². The molecule has 0 saturated heterocycles. The van der Waals surface area contributed by atoms with Crippen LogP contribution in [-0.2, 0) is 9.53 Å². The number of hydrogen-bond donors (Lipinski definition) is 1. The van der Waals surface area contributed by atoms with Gasteiger partial charge in [-0.25, -0.2) is 0 Å². The van der Waals surface area contributed by atoms with Crippen molar-refractivity contribution in [1.82, 2.24) is 0 Å². The van der Waals surface area contributed by atoms with Crippen LogP contribution in [0, 0.1) is 0 Å². The van der Waals surface area contributed by atoms with Crippen LogP contribution in [0.4, 0.5) is 5.69 Å². The minimum Gasteiger partial charge on any atom is -0.497 e. The first-order chi connectivity index (χ1) is 11.2. The van der Waals surface area contributed by atoms with Crippen LogP contribution >= 0.6 is 0 Å². The van der Waals surface area contributed by atoms with Crippen molar-refractivity contribution in [3.05, 3.63) is 54.1 Å². The molecule has 0 aliphatic heterocycles. The number of esters is 1. The molecule has 5 nitrogen and oxygen atoms in total. The molecule has 1 atom stereocenters. The molecule has 0 aliphatic carbocycles. The predicted octanol–water partition coefficient (Wildman–Crippen LogP) is 3.42. The third-order valence-corrected chi connectivity index (χ3v) is 3.54. The van der Waals surface area contributed by atoms with Gasteiger partial charge in [-0.2, -0.15) is 0 Å². The van der Waals surface area contributed by atoms with Crippen molar-refractivity contribution < 1.29 is 19.0 Å². The normalized spacial score (nSPS) is 11.4. The van der Waals surface area contributed by atoms with Gasteiger partial charge in [0.1, 0.15) is 11.5 Å². The highest BCUT2D eigenvalue weighted by Crippen LogP contribution is 2.33. The van der Waals surface area contributed by atoms with Gasteiger partial charge in [-0.15, -0.1) is 0 Å². The minimum atomic E-state index is -0.284. The van der Waals surface area contributed by atoms with Crippen LogP contribution in [0.1, 0.15) is 18.0 Å². The molecule has 0 amide bonds. The summed E-state index contributed by atoms with van der Waals surface area (Å²) >= 11 is 0. The molecule has 2 rings (SSSR count). The van der Waals surface area contributed by atoms with E-state index in [1.807, 2.05) is 48.5 Å². The molecule has 2 aromatic carbocycles. The van der Waals surface area contributed by atoms with Gasteiger partial charge in [-0.05, 0) is 17.7 Å². The summed E-state index contributed by atoms with van der Waals surface area (Å²) < 4.78 is 15.4. The second kappa shape index (κ2) is 8.08. The van der Waals surface area contributed by atoms with E-state index in [1.165, 1.54) is 7.11 Å². The van der Waals surface area contributed by atoms with Gasteiger partial charge in [-0.1, -0.05) is 30.3 Å². The molecule has 0 radical (unpaired) electrons. The van der Waals surface area contributed by atoms with Crippen molar-refractivity contribution in [2.75, 3.05) is 26.6 Å². The highest BCUT2D eigenvalue weighted by molar-refractivity contribution is 5.71. The fourth-order valence-corrected chi connectivity index (χ4v) is 2.30. The maximum absolute atomic E-state index is 11.7. The molecule has 0 spiro atoms. The molecule has 0 bridgehead atoms. The second-order valence-corrected chi connectivity index (χ2v) is 4.95. The van der Waals surface area contributed by atoms with Gasteiger partial charge in [0, 0.05) is 6.07 Å². The first kappa shape index (κ1) is 16.7. The van der Waals surface area contributed by atoms with Gasteiger partial charge in [-0.3, -0.25) is 4.79 Å². The van der Waals surface area contributed by atoms with Gasteiger partial charge in [0.05, 0.1) is 39.5 Å². The van der Waals surface area contributed by atoms with Crippen LogP contribution in [0.2, 0.25) is 0 Å². The quantitative estimate of drug-likeness (QED) is 0.793. The molecule has 0 saturated carbocycles. The molecule has 0 aromatic heterocycles. The van der Waals surface area contributed by atoms with Crippen molar-refractivity contribution in [2.45, 2.75) is 12.5 Å². The topological polar surface area (TPSA) is 56.8 Å². The van der Waals surface area contributed by atoms with E-state index in [2.05, 4.69) is 5.32 Å². The lowest BCUT2D eigenvalue weighted by molar-refractivity contribution is -0.140. The lowest BCUT2D eigenvalue weighted by Gasteiger charge is -2.21. The number of benzene rings is 2. The number of carbonyl (C=O) groups is 1. The van der Waals surface area contributed by atoms with Crippen LogP contribution in [0.15, 0.2) is 48.5 Å². The third kappa shape index (κ3) is 4.39. The van der Waals surface area contributed by atoms with Crippen molar-refractivity contribution in [2.24, 2.45) is 0 Å². The Morgan fingerprint density at radius 3 is 2.39 bits per heavy atom. The van der Waals surface area contributed by atoms with E-state index in [1.54, 1.807) is 14.2 Å². The summed E-state index contributed by atoms with van der Waals surface area (Å²) in [5, 5.41) is 3.35. The summed E-state index contributed by atoms with van der Waals surface area (Å²) in [6.07, 6.45) is 0.209. The molecular weight excluding hydrogens is 294 g/mol. The van der Waals surface area contributed by atoms with Crippen molar-refractivity contribution in [1.29, 1.82) is 0 Å². The molecule has 2 aromatic rings. The molecule has 0 heterocycles. The standard InChI is InChI=1S/C18H21NO4/c1-21-14-9-10-17(22-2)16(11-14)19-15(12-18(20)23-3)13-7-5-4-6-8-13/h4-11,15,19H,12H2,1-3H3. The van der Waals surface area contributed by atoms with Crippen LogP contribution in [0.3, 0.4) is 0 Å². The largest absolute Gasteiger partial charge is 0.497 e. The SMILES string of the molecule is COC(=O)CC(Nc1cc(OC)ccc1OC)c1ccccc1. The van der Waals surface area contributed by atoms with Crippen LogP contribution < -0.4 is 14.8 Å². The summed E-state index contributed by atoms with van der Waals surface area (Å²) in [5.41, 5.74) is 1.74. The average molecular weight is 315 g/mol. The summed E-state index contributed by atoms with van der Waals surface area (Å²) in [4.78, 5) is 11.7. The van der Waals surface area contributed by atoms with E-state index in [0.717, 1.165) is 11.3 Å². The Morgan fingerprint density at radius 2 is 1.78 bits per heavy atom. The highest BCUT2D eigenvalue weighted by atomic mass is 16.5.